The van der Waals surface area contributed by atoms with Gasteiger partial charge in [-0.1, -0.05) is 33.8 Å². The fraction of sp³-hybridized carbons (Fsp3) is 0.419. The molecular formula is C31H42FN5O6. The van der Waals surface area contributed by atoms with Crippen LogP contribution < -0.4 is 20.7 Å². The maximum atomic E-state index is 14.3. The van der Waals surface area contributed by atoms with Gasteiger partial charge in [0.05, 0.1) is 13.5 Å². The van der Waals surface area contributed by atoms with Crippen molar-refractivity contribution < 1.29 is 32.7 Å². The van der Waals surface area contributed by atoms with E-state index < -0.39 is 23.8 Å². The Morgan fingerprint density at radius 1 is 1.12 bits per heavy atom. The van der Waals surface area contributed by atoms with E-state index >= 15 is 0 Å². The van der Waals surface area contributed by atoms with Crippen LogP contribution in [0, 0.1) is 5.82 Å². The van der Waals surface area contributed by atoms with Gasteiger partial charge in [0.15, 0.2) is 6.04 Å². The summed E-state index contributed by atoms with van der Waals surface area (Å²) in [6.45, 7) is 9.87. The van der Waals surface area contributed by atoms with E-state index in [2.05, 4.69) is 16.0 Å². The summed E-state index contributed by atoms with van der Waals surface area (Å²) < 4.78 is 24.8. The second-order valence-corrected chi connectivity index (χ2v) is 9.54. The number of ether oxygens (including phenoxy) is 1. The zero-order valence-corrected chi connectivity index (χ0v) is 26.1. The van der Waals surface area contributed by atoms with Gasteiger partial charge in [0.25, 0.3) is 11.8 Å². The van der Waals surface area contributed by atoms with Gasteiger partial charge in [-0.15, -0.1) is 0 Å². The van der Waals surface area contributed by atoms with Crippen molar-refractivity contribution in [2.75, 3.05) is 41.3 Å². The first-order chi connectivity index (χ1) is 20.5. The summed E-state index contributed by atoms with van der Waals surface area (Å²) in [5.74, 6) is -0.362. The van der Waals surface area contributed by atoms with Crippen LogP contribution in [0.15, 0.2) is 40.8 Å². The van der Waals surface area contributed by atoms with Gasteiger partial charge < -0.3 is 29.6 Å². The van der Waals surface area contributed by atoms with E-state index in [4.69, 9.17) is 9.15 Å². The quantitative estimate of drug-likeness (QED) is 0.350. The minimum atomic E-state index is -0.948. The summed E-state index contributed by atoms with van der Waals surface area (Å²) in [6.07, 6.45) is -0.101. The molecule has 3 heterocycles. The standard InChI is InChI=1S/C17H19FN4O4.C10H11NO2.2C2H6/c1-22(2)4-3-19-14(23)7-9-5-10-6-13(26-12(10)8-11(9)18)15-16(24)21-17(25)20-15;1-11-6-7-3-4-8(13-2)5-9(7)10(11)12;2*1-2/h5-6,8,15H,3-4,7H2,1-2H3,(H,19,23)(H2,20,21,24,25);3-5H,6H2,1-2H3;2*1-2H3. The third-order valence-corrected chi connectivity index (χ3v) is 6.30. The molecule has 2 aromatic carbocycles. The smallest absolute Gasteiger partial charge is 0.322 e. The normalized spacial score (nSPS) is 14.9. The Morgan fingerprint density at radius 3 is 2.42 bits per heavy atom. The number of hydrogen-bond donors (Lipinski definition) is 3. The lowest BCUT2D eigenvalue weighted by Crippen LogP contribution is -2.32. The van der Waals surface area contributed by atoms with Crippen molar-refractivity contribution >= 4 is 34.7 Å². The van der Waals surface area contributed by atoms with Gasteiger partial charge in [-0.05, 0) is 49.5 Å². The number of nitrogens with one attached hydrogen (secondary N) is 3. The molecule has 0 aliphatic carbocycles. The average molecular weight is 600 g/mol. The summed E-state index contributed by atoms with van der Waals surface area (Å²) in [6, 6.07) is 8.30. The van der Waals surface area contributed by atoms with E-state index in [9.17, 15) is 23.6 Å². The SMILES string of the molecule is CC.CC.CN(C)CCNC(=O)Cc1cc2cc(C3NC(=O)NC3=O)oc2cc1F.COc1ccc2c(c1)C(=O)N(C)C2. The van der Waals surface area contributed by atoms with Crippen molar-refractivity contribution in [1.82, 2.24) is 25.8 Å². The number of carbonyl (C=O) groups excluding carboxylic acids is 4. The summed E-state index contributed by atoms with van der Waals surface area (Å²) >= 11 is 0. The summed E-state index contributed by atoms with van der Waals surface area (Å²) in [5, 5.41) is 7.80. The molecule has 2 aliphatic rings. The monoisotopic (exact) mass is 599 g/mol. The van der Waals surface area contributed by atoms with Crippen molar-refractivity contribution in [3.05, 3.63) is 64.7 Å². The molecule has 1 aromatic heterocycles. The molecule has 1 unspecified atom stereocenters. The number of urea groups is 1. The first-order valence-electron chi connectivity index (χ1n) is 14.2. The second kappa shape index (κ2) is 16.3. The fourth-order valence-corrected chi connectivity index (χ4v) is 4.23. The van der Waals surface area contributed by atoms with Crippen LogP contribution in [-0.2, 0) is 22.6 Å². The van der Waals surface area contributed by atoms with Crippen LogP contribution in [-0.4, -0.2) is 74.9 Å². The Balaban J connectivity index is 0.000000317. The Bertz CT molecular complexity index is 1440. The molecule has 0 radical (unpaired) electrons. The van der Waals surface area contributed by atoms with Gasteiger partial charge >= 0.3 is 6.03 Å². The lowest BCUT2D eigenvalue weighted by Gasteiger charge is -2.10. The molecule has 5 amide bonds. The number of imide groups is 1. The van der Waals surface area contributed by atoms with E-state index in [0.29, 0.717) is 25.0 Å². The van der Waals surface area contributed by atoms with E-state index in [0.717, 1.165) is 16.9 Å². The summed E-state index contributed by atoms with van der Waals surface area (Å²) in [7, 11) is 7.19. The van der Waals surface area contributed by atoms with Crippen LogP contribution in [0.5, 0.6) is 5.75 Å². The van der Waals surface area contributed by atoms with Gasteiger partial charge in [0.2, 0.25) is 5.91 Å². The van der Waals surface area contributed by atoms with E-state index in [1.54, 1.807) is 31.2 Å². The molecule has 3 N–H and O–H groups in total. The minimum absolute atomic E-state index is 0.0777. The van der Waals surface area contributed by atoms with Crippen LogP contribution in [0.3, 0.4) is 0 Å². The highest BCUT2D eigenvalue weighted by molar-refractivity contribution is 6.04. The fourth-order valence-electron chi connectivity index (χ4n) is 4.23. The Kier molecular flexibility index (Phi) is 13.1. The van der Waals surface area contributed by atoms with Crippen LogP contribution >= 0.6 is 0 Å². The number of rotatable bonds is 7. The highest BCUT2D eigenvalue weighted by Gasteiger charge is 2.33. The Labute approximate surface area is 251 Å². The first kappa shape index (κ1) is 34.7. The largest absolute Gasteiger partial charge is 0.497 e. The number of fused-ring (bicyclic) bond motifs is 2. The molecule has 12 heteroatoms. The molecule has 3 aromatic rings. The van der Waals surface area contributed by atoms with Gasteiger partial charge in [0.1, 0.15) is 22.9 Å². The van der Waals surface area contributed by atoms with Gasteiger partial charge in [-0.2, -0.15) is 0 Å². The third kappa shape index (κ3) is 9.02. The number of benzene rings is 2. The number of hydrogen-bond acceptors (Lipinski definition) is 7. The Hall–Kier alpha value is -4.45. The Morgan fingerprint density at radius 2 is 1.81 bits per heavy atom. The van der Waals surface area contributed by atoms with Crippen molar-refractivity contribution in [2.45, 2.75) is 46.7 Å². The van der Waals surface area contributed by atoms with Crippen LogP contribution in [0.25, 0.3) is 11.0 Å². The lowest BCUT2D eigenvalue weighted by atomic mass is 10.1. The molecule has 2 aliphatic heterocycles. The summed E-state index contributed by atoms with van der Waals surface area (Å²) in [4.78, 5) is 50.0. The number of amides is 5. The van der Waals surface area contributed by atoms with Gasteiger partial charge in [-0.25, -0.2) is 9.18 Å². The zero-order valence-electron chi connectivity index (χ0n) is 26.1. The van der Waals surface area contributed by atoms with Crippen molar-refractivity contribution in [3.63, 3.8) is 0 Å². The number of halogens is 1. The molecular weight excluding hydrogens is 557 g/mol. The van der Waals surface area contributed by atoms with Gasteiger partial charge in [-0.3, -0.25) is 19.7 Å². The number of nitrogens with zero attached hydrogens (tertiary/aromatic N) is 2. The molecule has 1 saturated heterocycles. The highest BCUT2D eigenvalue weighted by atomic mass is 19.1. The topological polar surface area (TPSA) is 133 Å². The maximum absolute atomic E-state index is 14.3. The molecule has 1 atom stereocenters. The lowest BCUT2D eigenvalue weighted by molar-refractivity contribution is -0.121. The predicted octanol–water partition coefficient (Wildman–Crippen LogP) is 4.01. The predicted molar refractivity (Wildman–Crippen MR) is 162 cm³/mol. The molecule has 0 bridgehead atoms. The third-order valence-electron chi connectivity index (χ3n) is 6.30. The molecule has 43 heavy (non-hydrogen) atoms. The van der Waals surface area contributed by atoms with E-state index in [1.165, 1.54) is 12.1 Å². The van der Waals surface area contributed by atoms with Crippen LogP contribution in [0.4, 0.5) is 9.18 Å². The van der Waals surface area contributed by atoms with Crippen molar-refractivity contribution in [3.8, 4) is 5.75 Å². The zero-order chi connectivity index (χ0) is 32.3. The number of carbonyl (C=O) groups is 4. The van der Waals surface area contributed by atoms with Crippen molar-refractivity contribution in [1.29, 1.82) is 0 Å². The highest BCUT2D eigenvalue weighted by Crippen LogP contribution is 2.28. The first-order valence-corrected chi connectivity index (χ1v) is 14.2. The van der Waals surface area contributed by atoms with E-state index in [1.807, 2.05) is 58.8 Å². The van der Waals surface area contributed by atoms with Crippen LogP contribution in [0.1, 0.15) is 61.0 Å². The van der Waals surface area contributed by atoms with E-state index in [-0.39, 0.29) is 35.1 Å². The average Bonchev–Trinajstić information content (AvgIpc) is 3.64. The van der Waals surface area contributed by atoms with Gasteiger partial charge in [0, 0.05) is 43.7 Å². The maximum Gasteiger partial charge on any atom is 0.322 e. The molecule has 234 valence electrons. The molecule has 0 saturated carbocycles. The van der Waals surface area contributed by atoms with Crippen LogP contribution in [0.2, 0.25) is 0 Å². The number of likely N-dealkylation sites (N-methyl/N-ethyl adjacent to an activating group) is 1. The summed E-state index contributed by atoms with van der Waals surface area (Å²) in [5.41, 5.74) is 2.31. The number of furan rings is 1. The molecule has 5 rings (SSSR count). The number of methoxy groups -OCH3 is 1. The minimum Gasteiger partial charge on any atom is -0.497 e. The molecule has 0 spiro atoms. The van der Waals surface area contributed by atoms with Crippen molar-refractivity contribution in [2.24, 2.45) is 0 Å². The second-order valence-electron chi connectivity index (χ2n) is 9.54. The molecule has 11 nitrogen and oxygen atoms in total. The molecule has 1 fully saturated rings.